The van der Waals surface area contributed by atoms with Crippen LogP contribution in [0.1, 0.15) is 12.6 Å². The molecule has 20 heavy (non-hydrogen) atoms. The van der Waals surface area contributed by atoms with Crippen molar-refractivity contribution in [2.75, 3.05) is 12.3 Å². The summed E-state index contributed by atoms with van der Waals surface area (Å²) in [6.45, 7) is -0.294. The van der Waals surface area contributed by atoms with Crippen LogP contribution in [0, 0.1) is 0 Å². The van der Waals surface area contributed by atoms with Crippen LogP contribution >= 0.6 is 15.9 Å². The van der Waals surface area contributed by atoms with Gasteiger partial charge in [-0.25, -0.2) is 4.98 Å². The molecule has 3 rings (SSSR count). The highest BCUT2D eigenvalue weighted by atomic mass is 79.9. The van der Waals surface area contributed by atoms with Crippen LogP contribution in [0.4, 0.5) is 5.95 Å². The van der Waals surface area contributed by atoms with Crippen LogP contribution in [0.2, 0.25) is 0 Å². The molecule has 3 unspecified atom stereocenters. The van der Waals surface area contributed by atoms with Crippen LogP contribution in [0.5, 0.6) is 0 Å². The summed E-state index contributed by atoms with van der Waals surface area (Å²) in [5, 5.41) is 18.9. The van der Waals surface area contributed by atoms with E-state index in [0.717, 1.165) is 0 Å². The molecule has 1 saturated heterocycles. The Balaban J connectivity index is 2.13. The van der Waals surface area contributed by atoms with Crippen LogP contribution in [-0.2, 0) is 4.74 Å². The fraction of sp³-hybridized carbons (Fsp3) is 0.500. The molecule has 1 aliphatic heterocycles. The number of H-pyrrole nitrogens is 1. The van der Waals surface area contributed by atoms with E-state index in [1.807, 2.05) is 0 Å². The third kappa shape index (κ3) is 2.00. The largest absolute Gasteiger partial charge is 0.394 e. The number of fused-ring (bicyclic) bond motifs is 1. The second kappa shape index (κ2) is 4.81. The highest BCUT2D eigenvalue weighted by Gasteiger charge is 2.36. The Morgan fingerprint density at radius 1 is 1.55 bits per heavy atom. The first-order valence-electron chi connectivity index (χ1n) is 5.89. The summed E-state index contributed by atoms with van der Waals surface area (Å²) in [6.07, 6.45) is -1.81. The van der Waals surface area contributed by atoms with Crippen LogP contribution in [0.3, 0.4) is 0 Å². The standard InChI is InChI=1S/C10H12BrN5O4/c11-9-13-6-7(14-10(12)15-8(6)19)16(9)5-1-3(18)4(2-17)20-5/h3-5,17-18H,1-2H2,(H3,12,14,15,19). The summed E-state index contributed by atoms with van der Waals surface area (Å²) in [5.41, 5.74) is 5.45. The van der Waals surface area contributed by atoms with Crippen LogP contribution in [-0.4, -0.2) is 48.5 Å². The number of aliphatic hydroxyl groups excluding tert-OH is 2. The van der Waals surface area contributed by atoms with Gasteiger partial charge in [0.05, 0.1) is 12.7 Å². The topological polar surface area (TPSA) is 139 Å². The van der Waals surface area contributed by atoms with Gasteiger partial charge in [-0.15, -0.1) is 0 Å². The number of imidazole rings is 1. The summed E-state index contributed by atoms with van der Waals surface area (Å²) in [6, 6.07) is 0. The van der Waals surface area contributed by atoms with E-state index in [1.54, 1.807) is 0 Å². The van der Waals surface area contributed by atoms with Crippen molar-refractivity contribution in [3.63, 3.8) is 0 Å². The fourth-order valence-electron chi connectivity index (χ4n) is 2.27. The van der Waals surface area contributed by atoms with Crippen molar-refractivity contribution in [1.29, 1.82) is 0 Å². The Bertz CT molecular complexity index is 713. The van der Waals surface area contributed by atoms with Crippen LogP contribution in [0.15, 0.2) is 9.53 Å². The molecule has 1 fully saturated rings. The Hall–Kier alpha value is -1.49. The number of rotatable bonds is 2. The van der Waals surface area contributed by atoms with Gasteiger partial charge in [-0.3, -0.25) is 14.3 Å². The highest BCUT2D eigenvalue weighted by Crippen LogP contribution is 2.33. The van der Waals surface area contributed by atoms with Crippen molar-refractivity contribution < 1.29 is 14.9 Å². The van der Waals surface area contributed by atoms with Gasteiger partial charge < -0.3 is 20.7 Å². The van der Waals surface area contributed by atoms with E-state index in [0.29, 0.717) is 4.73 Å². The molecule has 10 heteroatoms. The average Bonchev–Trinajstić information content (AvgIpc) is 2.89. The van der Waals surface area contributed by atoms with Crippen molar-refractivity contribution in [3.05, 3.63) is 15.1 Å². The number of nitrogen functional groups attached to an aromatic ring is 1. The van der Waals surface area contributed by atoms with Gasteiger partial charge in [0.2, 0.25) is 5.95 Å². The maximum absolute atomic E-state index is 11.8. The molecule has 0 spiro atoms. The number of hydrogen-bond donors (Lipinski definition) is 4. The van der Waals surface area contributed by atoms with Gasteiger partial charge in [-0.2, -0.15) is 4.98 Å². The van der Waals surface area contributed by atoms with Crippen molar-refractivity contribution in [2.24, 2.45) is 0 Å². The number of halogens is 1. The maximum Gasteiger partial charge on any atom is 0.280 e. The Kier molecular flexibility index (Phi) is 3.24. The number of ether oxygens (including phenoxy) is 1. The highest BCUT2D eigenvalue weighted by molar-refractivity contribution is 9.10. The molecular formula is C10H12BrN5O4. The number of nitrogens with zero attached hydrogens (tertiary/aromatic N) is 3. The fourth-order valence-corrected chi connectivity index (χ4v) is 2.84. The lowest BCUT2D eigenvalue weighted by Crippen LogP contribution is -2.24. The molecule has 1 aliphatic rings. The summed E-state index contributed by atoms with van der Waals surface area (Å²) < 4.78 is 7.40. The molecule has 2 aromatic heterocycles. The van der Waals surface area contributed by atoms with Crippen molar-refractivity contribution in [3.8, 4) is 0 Å². The van der Waals surface area contributed by atoms with Crippen molar-refractivity contribution in [1.82, 2.24) is 19.5 Å². The molecule has 0 bridgehead atoms. The quantitative estimate of drug-likeness (QED) is 0.517. The normalized spacial score (nSPS) is 26.4. The third-order valence-corrected chi connectivity index (χ3v) is 3.76. The first kappa shape index (κ1) is 13.5. The van der Waals surface area contributed by atoms with E-state index in [4.69, 9.17) is 15.6 Å². The minimum absolute atomic E-state index is 0.0339. The van der Waals surface area contributed by atoms with Crippen molar-refractivity contribution >= 4 is 33.0 Å². The number of nitrogens with two attached hydrogens (primary N) is 1. The summed E-state index contributed by atoms with van der Waals surface area (Å²) in [7, 11) is 0. The van der Waals surface area contributed by atoms with Gasteiger partial charge >= 0.3 is 0 Å². The lowest BCUT2D eigenvalue weighted by molar-refractivity contribution is -0.0439. The zero-order valence-electron chi connectivity index (χ0n) is 10.2. The molecule has 5 N–H and O–H groups in total. The predicted octanol–water partition coefficient (Wildman–Crippen LogP) is -0.895. The second-order valence-corrected chi connectivity index (χ2v) is 5.20. The molecule has 108 valence electrons. The first-order chi connectivity index (χ1) is 9.51. The molecule has 3 atom stereocenters. The van der Waals surface area contributed by atoms with Crippen LogP contribution < -0.4 is 11.3 Å². The predicted molar refractivity (Wildman–Crippen MR) is 71.9 cm³/mol. The van der Waals surface area contributed by atoms with E-state index < -0.39 is 24.0 Å². The SMILES string of the molecule is Nc1nc2c(nc(Br)n2C2CC(O)C(CO)O2)c(=O)[nH]1. The van der Waals surface area contributed by atoms with E-state index >= 15 is 0 Å². The molecule has 3 heterocycles. The Labute approximate surface area is 120 Å². The monoisotopic (exact) mass is 345 g/mol. The lowest BCUT2D eigenvalue weighted by Gasteiger charge is -2.14. The maximum atomic E-state index is 11.8. The van der Waals surface area contributed by atoms with Crippen LogP contribution in [0.25, 0.3) is 11.2 Å². The van der Waals surface area contributed by atoms with Gasteiger partial charge in [0.25, 0.3) is 5.56 Å². The van der Waals surface area contributed by atoms with E-state index in [1.165, 1.54) is 4.57 Å². The van der Waals surface area contributed by atoms with Gasteiger partial charge in [0.1, 0.15) is 12.3 Å². The second-order valence-electron chi connectivity index (χ2n) is 4.49. The Morgan fingerprint density at radius 3 is 2.95 bits per heavy atom. The first-order valence-corrected chi connectivity index (χ1v) is 6.68. The number of anilines is 1. The number of aliphatic hydroxyl groups is 2. The number of nitrogens with one attached hydrogen (secondary N) is 1. The molecule has 0 aromatic carbocycles. The number of aromatic amines is 1. The average molecular weight is 346 g/mol. The van der Waals surface area contributed by atoms with Gasteiger partial charge in [-0.05, 0) is 15.9 Å². The molecule has 0 saturated carbocycles. The number of hydrogen-bond acceptors (Lipinski definition) is 7. The smallest absolute Gasteiger partial charge is 0.280 e. The zero-order valence-corrected chi connectivity index (χ0v) is 11.7. The van der Waals surface area contributed by atoms with Gasteiger partial charge in [-0.1, -0.05) is 0 Å². The molecule has 0 amide bonds. The van der Waals surface area contributed by atoms with E-state index in [9.17, 15) is 9.90 Å². The number of aromatic nitrogens is 4. The minimum Gasteiger partial charge on any atom is -0.394 e. The van der Waals surface area contributed by atoms with E-state index in [-0.39, 0.29) is 30.1 Å². The molecular weight excluding hydrogens is 334 g/mol. The lowest BCUT2D eigenvalue weighted by atomic mass is 10.2. The van der Waals surface area contributed by atoms with E-state index in [2.05, 4.69) is 30.9 Å². The van der Waals surface area contributed by atoms with Gasteiger partial charge in [0, 0.05) is 6.42 Å². The Morgan fingerprint density at radius 2 is 2.30 bits per heavy atom. The minimum atomic E-state index is -0.798. The van der Waals surface area contributed by atoms with Crippen molar-refractivity contribution in [2.45, 2.75) is 24.9 Å². The summed E-state index contributed by atoms with van der Waals surface area (Å²) >= 11 is 3.23. The molecule has 0 radical (unpaired) electrons. The summed E-state index contributed by atoms with van der Waals surface area (Å²) in [4.78, 5) is 22.2. The summed E-state index contributed by atoms with van der Waals surface area (Å²) in [5.74, 6) is -0.0339. The molecule has 2 aromatic rings. The third-order valence-electron chi connectivity index (χ3n) is 3.20. The molecule has 9 nitrogen and oxygen atoms in total. The van der Waals surface area contributed by atoms with Gasteiger partial charge in [0.15, 0.2) is 15.9 Å². The molecule has 0 aliphatic carbocycles. The zero-order chi connectivity index (χ0) is 14.4.